The van der Waals surface area contributed by atoms with Gasteiger partial charge in [-0.15, -0.1) is 11.8 Å². The zero-order valence-electron chi connectivity index (χ0n) is 37.8. The molecule has 2 fully saturated rings. The molecule has 6 heterocycles. The van der Waals surface area contributed by atoms with Gasteiger partial charge in [0, 0.05) is 89.8 Å². The van der Waals surface area contributed by atoms with Crippen molar-refractivity contribution in [3.63, 3.8) is 0 Å². The molecule has 14 heteroatoms. The monoisotopic (exact) mass is 885 g/mol. The van der Waals surface area contributed by atoms with Gasteiger partial charge in [0.05, 0.1) is 30.1 Å². The molecule has 9 rings (SSSR count). The van der Waals surface area contributed by atoms with Gasteiger partial charge < -0.3 is 24.1 Å². The van der Waals surface area contributed by atoms with Crippen LogP contribution in [-0.2, 0) is 41.6 Å². The van der Waals surface area contributed by atoms with Gasteiger partial charge in [0.25, 0.3) is 5.91 Å². The number of hydrogen-bond acceptors (Lipinski definition) is 11. The minimum absolute atomic E-state index is 0.0172. The number of aliphatic imine (C=N–C) groups is 1. The molecular formula is C50H59N7O6S. The second kappa shape index (κ2) is 18.0. The number of methoxy groups -OCH3 is 1. The first-order valence-electron chi connectivity index (χ1n) is 22.8. The van der Waals surface area contributed by atoms with Crippen LogP contribution in [0.5, 0.6) is 0 Å². The van der Waals surface area contributed by atoms with Crippen molar-refractivity contribution in [2.75, 3.05) is 32.6 Å². The van der Waals surface area contributed by atoms with Crippen LogP contribution in [0.25, 0.3) is 32.9 Å². The second-order valence-corrected chi connectivity index (χ2v) is 19.5. The van der Waals surface area contributed by atoms with Crippen LogP contribution in [0.1, 0.15) is 95.0 Å². The molecule has 1 unspecified atom stereocenters. The summed E-state index contributed by atoms with van der Waals surface area (Å²) in [6.07, 6.45) is 4.24. The van der Waals surface area contributed by atoms with E-state index in [1.54, 1.807) is 18.9 Å². The maximum atomic E-state index is 14.9. The van der Waals surface area contributed by atoms with Gasteiger partial charge in [-0.2, -0.15) is 0 Å². The molecule has 2 aromatic carbocycles. The van der Waals surface area contributed by atoms with Crippen LogP contribution < -0.4 is 10.7 Å². The van der Waals surface area contributed by atoms with Crippen molar-refractivity contribution < 1.29 is 28.6 Å². The smallest absolute Gasteiger partial charge is 0.324 e. The Morgan fingerprint density at radius 2 is 1.89 bits per heavy atom. The van der Waals surface area contributed by atoms with Crippen LogP contribution in [0.4, 0.5) is 0 Å². The molecule has 13 nitrogen and oxygen atoms in total. The number of hydrazine groups is 1. The van der Waals surface area contributed by atoms with E-state index in [2.05, 4.69) is 79.4 Å². The van der Waals surface area contributed by atoms with E-state index in [1.165, 1.54) is 5.01 Å². The van der Waals surface area contributed by atoms with E-state index in [0.29, 0.717) is 36.6 Å². The highest BCUT2D eigenvalue weighted by Crippen LogP contribution is 2.53. The van der Waals surface area contributed by atoms with E-state index in [4.69, 9.17) is 29.2 Å². The molecule has 0 spiro atoms. The molecule has 8 atom stereocenters. The normalized spacial score (nSPS) is 26.3. The van der Waals surface area contributed by atoms with E-state index in [0.717, 1.165) is 62.0 Å². The fourth-order valence-corrected chi connectivity index (χ4v) is 11.2. The highest BCUT2D eigenvalue weighted by Gasteiger charge is 2.55. The summed E-state index contributed by atoms with van der Waals surface area (Å²) in [5.74, 6) is -0.872. The molecule has 64 heavy (non-hydrogen) atoms. The van der Waals surface area contributed by atoms with Crippen molar-refractivity contribution in [2.24, 2.45) is 22.2 Å². The minimum Gasteiger partial charge on any atom is -0.464 e. The summed E-state index contributed by atoms with van der Waals surface area (Å²) in [4.78, 5) is 58.3. The predicted molar refractivity (Wildman–Crippen MR) is 250 cm³/mol. The molecule has 4 aliphatic rings. The van der Waals surface area contributed by atoms with Gasteiger partial charge in [0.2, 0.25) is 5.91 Å². The van der Waals surface area contributed by atoms with Crippen molar-refractivity contribution in [2.45, 2.75) is 104 Å². The van der Waals surface area contributed by atoms with E-state index in [9.17, 15) is 14.4 Å². The Balaban J connectivity index is 1.12. The summed E-state index contributed by atoms with van der Waals surface area (Å²) in [5, 5.41) is 8.51. The summed E-state index contributed by atoms with van der Waals surface area (Å²) >= 11 is 1.56. The Bertz CT molecular complexity index is 2630. The number of rotatable bonds is 9. The number of carbonyl (C=O) groups is 3. The Morgan fingerprint density at radius 1 is 1.08 bits per heavy atom. The third kappa shape index (κ3) is 8.34. The molecular weight excluding hydrogens is 827 g/mol. The van der Waals surface area contributed by atoms with E-state index < -0.39 is 29.6 Å². The fraction of sp³-hybridized carbons (Fsp3) is 0.480. The number of hydrogen-bond donors (Lipinski definition) is 2. The summed E-state index contributed by atoms with van der Waals surface area (Å²) in [7, 11) is 1.70. The molecule has 1 saturated carbocycles. The number of carbonyl (C=O) groups excluding carboxylic acids is 3. The van der Waals surface area contributed by atoms with Crippen LogP contribution in [0.2, 0.25) is 0 Å². The predicted octanol–water partition coefficient (Wildman–Crippen LogP) is 7.73. The molecule has 3 aromatic heterocycles. The number of amides is 2. The van der Waals surface area contributed by atoms with Gasteiger partial charge in [-0.3, -0.25) is 34.4 Å². The van der Waals surface area contributed by atoms with Gasteiger partial charge in [-0.1, -0.05) is 51.1 Å². The van der Waals surface area contributed by atoms with Crippen LogP contribution in [0.3, 0.4) is 0 Å². The lowest BCUT2D eigenvalue weighted by Crippen LogP contribution is -2.63. The summed E-state index contributed by atoms with van der Waals surface area (Å²) in [5.41, 5.74) is 9.78. The van der Waals surface area contributed by atoms with Crippen molar-refractivity contribution in [3.8, 4) is 11.3 Å². The Morgan fingerprint density at radius 3 is 2.67 bits per heavy atom. The lowest BCUT2D eigenvalue weighted by atomic mass is 9.84. The van der Waals surface area contributed by atoms with Crippen LogP contribution in [0.15, 0.2) is 78.0 Å². The van der Waals surface area contributed by atoms with E-state index in [-0.39, 0.29) is 54.9 Å². The molecule has 5 aromatic rings. The topological polar surface area (TPSA) is 149 Å². The first kappa shape index (κ1) is 44.1. The van der Waals surface area contributed by atoms with Crippen LogP contribution in [-0.4, -0.2) is 93.2 Å². The molecule has 1 aliphatic carbocycles. The number of aryl methyl sites for hydroxylation is 1. The molecule has 2 amide bonds. The first-order chi connectivity index (χ1) is 30.9. The molecule has 1 saturated heterocycles. The second-order valence-electron chi connectivity index (χ2n) is 18.4. The van der Waals surface area contributed by atoms with Crippen LogP contribution in [0, 0.1) is 17.3 Å². The van der Waals surface area contributed by atoms with Gasteiger partial charge in [0.15, 0.2) is 0 Å². The number of nitrogens with zero attached hydrogens (tertiary/aromatic N) is 5. The highest BCUT2D eigenvalue weighted by atomic mass is 32.2. The number of fused-ring (bicyclic) bond motifs is 6. The molecule has 2 N–H and O–H groups in total. The number of ether oxygens (including phenoxy) is 3. The quantitative estimate of drug-likeness (QED) is 0.141. The SMILES string of the molecule is CCO[C@@H]1C2=NC(CS2)c2ccc3c(c2)c(c(-c2cccnc2[C@H](C)OC)n3CC)CC(C)(C)COC(=O)[C@@H]2CCCN(N2)C(=O)[C@H]1NC(=O)[C@@H]1[C@@H](C)[C@H]1c1cc2ccccc2cn1. The van der Waals surface area contributed by atoms with Gasteiger partial charge in [-0.05, 0) is 92.8 Å². The average molecular weight is 886 g/mol. The largest absolute Gasteiger partial charge is 0.464 e. The number of esters is 1. The van der Waals surface area contributed by atoms with E-state index >= 15 is 0 Å². The van der Waals surface area contributed by atoms with Crippen LogP contribution >= 0.6 is 11.8 Å². The van der Waals surface area contributed by atoms with E-state index in [1.807, 2.05) is 50.5 Å². The number of cyclic esters (lactones) is 1. The Hall–Kier alpha value is -5.15. The van der Waals surface area contributed by atoms with Crippen molar-refractivity contribution >= 4 is 56.3 Å². The Labute approximate surface area is 379 Å². The summed E-state index contributed by atoms with van der Waals surface area (Å²) < 4.78 is 20.8. The third-order valence-electron chi connectivity index (χ3n) is 13.5. The number of benzene rings is 2. The molecule has 336 valence electrons. The molecule has 6 bridgehead atoms. The number of thioether (sulfide) groups is 1. The minimum atomic E-state index is -1.12. The first-order valence-corrected chi connectivity index (χ1v) is 23.7. The molecule has 3 aliphatic heterocycles. The van der Waals surface area contributed by atoms with Crippen molar-refractivity contribution in [1.29, 1.82) is 0 Å². The maximum Gasteiger partial charge on any atom is 0.324 e. The number of pyridine rings is 2. The fourth-order valence-electron chi connectivity index (χ4n) is 10.0. The number of nitrogens with one attached hydrogen (secondary N) is 2. The van der Waals surface area contributed by atoms with Crippen molar-refractivity contribution in [3.05, 3.63) is 95.6 Å². The molecule has 0 radical (unpaired) electrons. The summed E-state index contributed by atoms with van der Waals surface area (Å²) in [6, 6.07) is 18.7. The Kier molecular flexibility index (Phi) is 12.4. The average Bonchev–Trinajstić information content (AvgIpc) is 3.59. The lowest BCUT2D eigenvalue weighted by molar-refractivity contribution is -0.156. The van der Waals surface area contributed by atoms with Gasteiger partial charge in [-0.25, -0.2) is 5.43 Å². The van der Waals surface area contributed by atoms with Gasteiger partial charge in [0.1, 0.15) is 23.2 Å². The highest BCUT2D eigenvalue weighted by molar-refractivity contribution is 8.14. The standard InChI is InChI=1S/C50H59N7O6S/c1-8-56-39-19-18-31-22-34(39)35(44(56)33-16-12-20-51-42(33)29(4)61-7)24-50(5,6)27-63-49(60)36-17-13-21-57(55-36)48(59)43(45(62-9-2)47-53-38(31)26-64-47)54-46(58)41-28(3)40(41)37-23-30-14-10-11-15-32(30)25-52-37/h10-12,14-16,18-20,22-23,25,28-29,36,38,40-41,43,45,55H,8-9,13,17,21,24,26-27H2,1-7H3,(H,54,58)/t28-,29-,36-,38?,40-,41+,43-,45-/m0/s1. The zero-order valence-corrected chi connectivity index (χ0v) is 38.6. The lowest BCUT2D eigenvalue weighted by Gasteiger charge is -2.37. The van der Waals surface area contributed by atoms with Crippen molar-refractivity contribution in [1.82, 2.24) is 30.3 Å². The maximum absolute atomic E-state index is 14.9. The van der Waals surface area contributed by atoms with Gasteiger partial charge >= 0.3 is 5.97 Å². The zero-order chi connectivity index (χ0) is 44.9. The summed E-state index contributed by atoms with van der Waals surface area (Å²) in [6.45, 7) is 13.9. The number of aromatic nitrogens is 3. The third-order valence-corrected chi connectivity index (χ3v) is 14.6.